The minimum absolute atomic E-state index is 0.0181. The van der Waals surface area contributed by atoms with Crippen LogP contribution in [0.25, 0.3) is 0 Å². The Balaban J connectivity index is 1.38. The zero-order valence-electron chi connectivity index (χ0n) is 21.9. The molecule has 0 bridgehead atoms. The van der Waals surface area contributed by atoms with Crippen molar-refractivity contribution in [1.82, 2.24) is 9.55 Å². The number of benzene rings is 1. The summed E-state index contributed by atoms with van der Waals surface area (Å²) in [6.45, 7) is 6.94. The maximum Gasteiger partial charge on any atom is 0.330 e. The van der Waals surface area contributed by atoms with E-state index in [0.29, 0.717) is 5.69 Å². The third-order valence-corrected chi connectivity index (χ3v) is 8.72. The quantitative estimate of drug-likeness (QED) is 0.166. The molecule has 3 aliphatic rings. The van der Waals surface area contributed by atoms with Crippen LogP contribution in [0.15, 0.2) is 46.1 Å². The van der Waals surface area contributed by atoms with Crippen molar-refractivity contribution in [3.63, 3.8) is 0 Å². The lowest BCUT2D eigenvalue weighted by Crippen LogP contribution is -2.68. The van der Waals surface area contributed by atoms with Crippen LogP contribution in [0.2, 0.25) is 0 Å². The van der Waals surface area contributed by atoms with Crippen molar-refractivity contribution in [3.8, 4) is 5.75 Å². The van der Waals surface area contributed by atoms with Crippen molar-refractivity contribution in [2.75, 3.05) is 11.3 Å². The number of aromatic amines is 1. The molecule has 2 saturated heterocycles. The number of H-pyrrole nitrogens is 1. The van der Waals surface area contributed by atoms with Crippen LogP contribution >= 0.6 is 8.96 Å². The standard InChI is InChI=1S/C25H32N3O10P/c1-13(2)35-22(30)14(3)28(16-7-5-6-8-17(16)38-33)39-34-12-24-11-25(32)15(4)36-19(20(24)25)21(37-24)27-10-9-18(29)26-23(27)31/h5-10,13-15,19-21,32-33,39H,11-12H2,1-4H3,(H,26,29,31)/t14-,15-,19?,20?,21+,24+,25?/m0/s1. The Morgan fingerprint density at radius 1 is 1.28 bits per heavy atom. The number of hydrogen-bond donors (Lipinski definition) is 3. The number of aliphatic hydroxyl groups is 1. The van der Waals surface area contributed by atoms with Crippen molar-refractivity contribution in [1.29, 1.82) is 0 Å². The van der Waals surface area contributed by atoms with E-state index < -0.39 is 67.8 Å². The third-order valence-electron chi connectivity index (χ3n) is 7.63. The molecule has 0 radical (unpaired) electrons. The van der Waals surface area contributed by atoms with Gasteiger partial charge in [0, 0.05) is 18.7 Å². The summed E-state index contributed by atoms with van der Waals surface area (Å²) in [5.41, 5.74) is -2.91. The molecule has 39 heavy (non-hydrogen) atoms. The largest absolute Gasteiger partial charge is 0.461 e. The Morgan fingerprint density at radius 3 is 2.72 bits per heavy atom. The molecule has 3 heterocycles. The van der Waals surface area contributed by atoms with E-state index in [-0.39, 0.29) is 24.9 Å². The normalized spacial score (nSPS) is 31.8. The van der Waals surface area contributed by atoms with Crippen molar-refractivity contribution in [2.45, 2.75) is 75.9 Å². The summed E-state index contributed by atoms with van der Waals surface area (Å²) in [6, 6.07) is 7.05. The summed E-state index contributed by atoms with van der Waals surface area (Å²) in [7, 11) is -0.433. The molecule has 14 heteroatoms. The van der Waals surface area contributed by atoms with Gasteiger partial charge in [0.25, 0.3) is 5.56 Å². The lowest BCUT2D eigenvalue weighted by molar-refractivity contribution is -0.254. The van der Waals surface area contributed by atoms with Gasteiger partial charge in [-0.25, -0.2) is 14.8 Å². The van der Waals surface area contributed by atoms with E-state index in [2.05, 4.69) is 9.87 Å². The number of anilines is 1. The van der Waals surface area contributed by atoms with Crippen LogP contribution in [0.1, 0.15) is 40.3 Å². The van der Waals surface area contributed by atoms with Crippen molar-refractivity contribution in [2.24, 2.45) is 5.92 Å². The summed E-state index contributed by atoms with van der Waals surface area (Å²) in [4.78, 5) is 43.7. The van der Waals surface area contributed by atoms with E-state index >= 15 is 0 Å². The summed E-state index contributed by atoms with van der Waals surface area (Å²) < 4.78 is 26.8. The number of nitrogens with one attached hydrogen (secondary N) is 1. The molecule has 1 aliphatic carbocycles. The first kappa shape index (κ1) is 27.8. The van der Waals surface area contributed by atoms with Crippen LogP contribution < -0.4 is 20.8 Å². The molecule has 13 nitrogen and oxygen atoms in total. The molecular formula is C25H32N3O10P. The van der Waals surface area contributed by atoms with Gasteiger partial charge >= 0.3 is 11.7 Å². The van der Waals surface area contributed by atoms with Crippen LogP contribution in [0.3, 0.4) is 0 Å². The van der Waals surface area contributed by atoms with Gasteiger partial charge in [-0.3, -0.25) is 14.3 Å². The molecule has 1 saturated carbocycles. The molecular weight excluding hydrogens is 533 g/mol. The van der Waals surface area contributed by atoms with Gasteiger partial charge in [-0.05, 0) is 39.8 Å². The lowest BCUT2D eigenvalue weighted by Gasteiger charge is -2.53. The van der Waals surface area contributed by atoms with E-state index in [1.165, 1.54) is 16.8 Å². The van der Waals surface area contributed by atoms with Crippen molar-refractivity contribution >= 4 is 20.6 Å². The number of rotatable bonds is 10. The van der Waals surface area contributed by atoms with E-state index in [1.54, 1.807) is 56.6 Å². The monoisotopic (exact) mass is 565 g/mol. The second kappa shape index (κ2) is 10.3. The zero-order chi connectivity index (χ0) is 28.1. The second-order valence-electron chi connectivity index (χ2n) is 10.4. The Morgan fingerprint density at radius 2 is 2.03 bits per heavy atom. The Kier molecular flexibility index (Phi) is 7.34. The number of aromatic nitrogens is 2. The summed E-state index contributed by atoms with van der Waals surface area (Å²) in [5.74, 6) is -0.849. The van der Waals surface area contributed by atoms with Crippen molar-refractivity contribution < 1.29 is 38.8 Å². The first-order valence-electron chi connectivity index (χ1n) is 12.7. The Labute approximate surface area is 225 Å². The van der Waals surface area contributed by atoms with Crippen LogP contribution in [0.4, 0.5) is 5.69 Å². The first-order valence-corrected chi connectivity index (χ1v) is 13.5. The fourth-order valence-electron chi connectivity index (χ4n) is 5.84. The van der Waals surface area contributed by atoms with E-state index in [4.69, 9.17) is 18.7 Å². The summed E-state index contributed by atoms with van der Waals surface area (Å²) >= 11 is 0. The van der Waals surface area contributed by atoms with Crippen LogP contribution in [-0.4, -0.2) is 68.0 Å². The molecule has 4 unspecified atom stereocenters. The number of nitrogens with zero attached hydrogens (tertiary/aromatic N) is 2. The van der Waals surface area contributed by atoms with Gasteiger partial charge in [-0.1, -0.05) is 12.1 Å². The molecule has 5 rings (SSSR count). The van der Waals surface area contributed by atoms with Gasteiger partial charge in [0.1, 0.15) is 32.3 Å². The van der Waals surface area contributed by atoms with Crippen LogP contribution in [0.5, 0.6) is 5.75 Å². The predicted octanol–water partition coefficient (Wildman–Crippen LogP) is 1.57. The van der Waals surface area contributed by atoms with Crippen molar-refractivity contribution in [3.05, 3.63) is 57.4 Å². The number of hydrogen-bond acceptors (Lipinski definition) is 11. The molecule has 3 fully saturated rings. The highest BCUT2D eigenvalue weighted by atomic mass is 31.1. The molecule has 8 atom stereocenters. The number of ether oxygens (including phenoxy) is 3. The zero-order valence-corrected chi connectivity index (χ0v) is 22.9. The van der Waals surface area contributed by atoms with Crippen LogP contribution in [-0.2, 0) is 23.5 Å². The molecule has 0 spiro atoms. The molecule has 2 aromatic rings. The molecule has 1 aromatic heterocycles. The van der Waals surface area contributed by atoms with Gasteiger partial charge in [-0.15, -0.1) is 0 Å². The molecule has 3 N–H and O–H groups in total. The second-order valence-corrected chi connectivity index (χ2v) is 11.4. The molecule has 2 aliphatic heterocycles. The van der Waals surface area contributed by atoms with Gasteiger partial charge in [-0.2, -0.15) is 0 Å². The number of para-hydroxylation sites is 2. The van der Waals surface area contributed by atoms with Gasteiger partial charge < -0.3 is 33.4 Å². The fourth-order valence-corrected chi connectivity index (χ4v) is 6.83. The van der Waals surface area contributed by atoms with Gasteiger partial charge in [0.2, 0.25) is 0 Å². The topological polar surface area (TPSA) is 162 Å². The lowest BCUT2D eigenvalue weighted by atomic mass is 9.57. The molecule has 212 valence electrons. The highest BCUT2D eigenvalue weighted by Gasteiger charge is 2.78. The van der Waals surface area contributed by atoms with E-state index in [1.807, 2.05) is 0 Å². The Bertz CT molecular complexity index is 1350. The van der Waals surface area contributed by atoms with Gasteiger partial charge in [0.05, 0.1) is 30.4 Å². The number of esters is 1. The fraction of sp³-hybridized carbons (Fsp3) is 0.560. The maximum atomic E-state index is 12.8. The third kappa shape index (κ3) is 4.66. The number of carbonyl (C=O) groups is 1. The number of carbonyl (C=O) groups excluding carboxylic acids is 1. The Hall–Kier alpha value is -2.80. The average Bonchev–Trinajstić information content (AvgIpc) is 3.25. The first-order chi connectivity index (χ1) is 18.5. The minimum Gasteiger partial charge on any atom is -0.461 e. The average molecular weight is 566 g/mol. The smallest absolute Gasteiger partial charge is 0.330 e. The minimum atomic E-state index is -1.16. The highest BCUT2D eigenvalue weighted by molar-refractivity contribution is 7.34. The highest BCUT2D eigenvalue weighted by Crippen LogP contribution is 2.66. The SMILES string of the molecule is CC(C)OC(=O)[C@H](C)N(POC[C@]12CC3(O)C1C(O[C@H]3C)[C@H](n1ccc(=O)[nH]c1=O)O2)c1ccccc1OO. The summed E-state index contributed by atoms with van der Waals surface area (Å²) in [6.07, 6.45) is -0.804. The van der Waals surface area contributed by atoms with Crippen LogP contribution in [0, 0.1) is 5.92 Å². The van der Waals surface area contributed by atoms with Gasteiger partial charge in [0.15, 0.2) is 12.0 Å². The molecule has 0 amide bonds. The van der Waals surface area contributed by atoms with E-state index in [0.717, 1.165) is 0 Å². The van der Waals surface area contributed by atoms with E-state index in [9.17, 15) is 24.7 Å². The molecule has 1 aromatic carbocycles. The predicted molar refractivity (Wildman–Crippen MR) is 139 cm³/mol. The summed E-state index contributed by atoms with van der Waals surface area (Å²) in [5, 5.41) is 20.7. The maximum absolute atomic E-state index is 12.8.